The van der Waals surface area contributed by atoms with E-state index in [1.807, 2.05) is 31.2 Å². The van der Waals surface area contributed by atoms with Crippen molar-refractivity contribution < 1.29 is 9.53 Å². The molecule has 0 aliphatic carbocycles. The van der Waals surface area contributed by atoms with Crippen LogP contribution in [-0.4, -0.2) is 12.9 Å². The molecular weight excluding hydrogens is 238 g/mol. The summed E-state index contributed by atoms with van der Waals surface area (Å²) >= 11 is 0. The average molecular weight is 251 g/mol. The van der Waals surface area contributed by atoms with Gasteiger partial charge in [0, 0.05) is 11.1 Å². The maximum Gasteiger partial charge on any atom is 0.194 e. The van der Waals surface area contributed by atoms with Gasteiger partial charge in [0.05, 0.1) is 7.11 Å². The van der Waals surface area contributed by atoms with Gasteiger partial charge in [-0.1, -0.05) is 30.3 Å². The molecule has 0 unspecified atom stereocenters. The Hall–Kier alpha value is -2.60. The highest BCUT2D eigenvalue weighted by molar-refractivity contribution is 6.11. The third-order valence-electron chi connectivity index (χ3n) is 2.99. The van der Waals surface area contributed by atoms with Crippen molar-refractivity contribution in [3.63, 3.8) is 0 Å². The predicted octanol–water partition coefficient (Wildman–Crippen LogP) is 3.11. The molecule has 94 valence electrons. The third kappa shape index (κ3) is 2.34. The van der Waals surface area contributed by atoms with E-state index >= 15 is 0 Å². The van der Waals surface area contributed by atoms with Crippen molar-refractivity contribution in [2.75, 3.05) is 7.11 Å². The summed E-state index contributed by atoms with van der Waals surface area (Å²) in [6.45, 7) is 1.87. The lowest BCUT2D eigenvalue weighted by molar-refractivity contribution is 0.103. The predicted molar refractivity (Wildman–Crippen MR) is 72.3 cm³/mol. The van der Waals surface area contributed by atoms with E-state index in [1.54, 1.807) is 24.3 Å². The number of hydrogen-bond donors (Lipinski definition) is 0. The minimum atomic E-state index is -0.159. The second-order valence-electron chi connectivity index (χ2n) is 4.14. The van der Waals surface area contributed by atoms with Crippen molar-refractivity contribution in [3.05, 3.63) is 64.7 Å². The Bertz CT molecular complexity index is 669. The van der Waals surface area contributed by atoms with E-state index in [9.17, 15) is 10.1 Å². The maximum atomic E-state index is 12.5. The molecule has 0 aliphatic heterocycles. The van der Waals surface area contributed by atoms with Crippen LogP contribution in [-0.2, 0) is 0 Å². The van der Waals surface area contributed by atoms with E-state index in [4.69, 9.17) is 4.74 Å². The summed E-state index contributed by atoms with van der Waals surface area (Å²) in [5.41, 5.74) is 2.14. The fraction of sp³-hybridized carbons (Fsp3) is 0.125. The second-order valence-corrected chi connectivity index (χ2v) is 4.14. The zero-order valence-corrected chi connectivity index (χ0v) is 10.8. The monoisotopic (exact) mass is 251 g/mol. The first-order chi connectivity index (χ1) is 9.19. The lowest BCUT2D eigenvalue weighted by atomic mass is 9.95. The first-order valence-electron chi connectivity index (χ1n) is 5.86. The van der Waals surface area contributed by atoms with Crippen LogP contribution < -0.4 is 4.74 Å². The lowest BCUT2D eigenvalue weighted by Gasteiger charge is -2.09. The number of nitriles is 1. The molecule has 0 radical (unpaired) electrons. The van der Waals surface area contributed by atoms with Gasteiger partial charge in [-0.05, 0) is 24.6 Å². The van der Waals surface area contributed by atoms with Gasteiger partial charge in [0.15, 0.2) is 5.78 Å². The summed E-state index contributed by atoms with van der Waals surface area (Å²) in [4.78, 5) is 12.5. The number of ketones is 1. The zero-order chi connectivity index (χ0) is 13.8. The normalized spacial score (nSPS) is 9.74. The molecule has 0 atom stereocenters. The Morgan fingerprint density at radius 1 is 1.11 bits per heavy atom. The number of hydrogen-bond acceptors (Lipinski definition) is 3. The van der Waals surface area contributed by atoms with Crippen LogP contribution in [0.5, 0.6) is 5.75 Å². The summed E-state index contributed by atoms with van der Waals surface area (Å²) in [6, 6.07) is 14.4. The minimum Gasteiger partial charge on any atom is -0.495 e. The molecule has 2 aromatic carbocycles. The summed E-state index contributed by atoms with van der Waals surface area (Å²) in [5, 5.41) is 9.21. The lowest BCUT2D eigenvalue weighted by Crippen LogP contribution is -2.07. The molecule has 2 aromatic rings. The highest BCUT2D eigenvalue weighted by Crippen LogP contribution is 2.24. The van der Waals surface area contributed by atoms with Gasteiger partial charge in [-0.25, -0.2) is 0 Å². The molecule has 0 amide bonds. The zero-order valence-electron chi connectivity index (χ0n) is 10.8. The molecule has 3 nitrogen and oxygen atoms in total. The molecular formula is C16H13NO2. The van der Waals surface area contributed by atoms with Gasteiger partial charge in [-0.3, -0.25) is 4.79 Å². The van der Waals surface area contributed by atoms with Gasteiger partial charge in [0.2, 0.25) is 0 Å². The maximum absolute atomic E-state index is 12.5. The highest BCUT2D eigenvalue weighted by atomic mass is 16.5. The van der Waals surface area contributed by atoms with Gasteiger partial charge >= 0.3 is 0 Å². The largest absolute Gasteiger partial charge is 0.495 e. The molecule has 3 heteroatoms. The van der Waals surface area contributed by atoms with Crippen molar-refractivity contribution >= 4 is 5.78 Å². The van der Waals surface area contributed by atoms with Gasteiger partial charge in [-0.2, -0.15) is 5.26 Å². The van der Waals surface area contributed by atoms with Crippen molar-refractivity contribution in [1.29, 1.82) is 5.26 Å². The Labute approximate surface area is 112 Å². The molecule has 0 saturated heterocycles. The molecule has 19 heavy (non-hydrogen) atoms. The van der Waals surface area contributed by atoms with Crippen LogP contribution in [0, 0.1) is 18.3 Å². The Balaban J connectivity index is 2.58. The number of rotatable bonds is 3. The van der Waals surface area contributed by atoms with Crippen LogP contribution in [0.3, 0.4) is 0 Å². The fourth-order valence-corrected chi connectivity index (χ4v) is 1.98. The van der Waals surface area contributed by atoms with Crippen LogP contribution >= 0.6 is 0 Å². The average Bonchev–Trinajstić information content (AvgIpc) is 2.46. The van der Waals surface area contributed by atoms with E-state index in [0.29, 0.717) is 16.9 Å². The van der Waals surface area contributed by atoms with E-state index in [-0.39, 0.29) is 11.3 Å². The Morgan fingerprint density at radius 2 is 1.79 bits per heavy atom. The van der Waals surface area contributed by atoms with Gasteiger partial charge in [0.25, 0.3) is 0 Å². The van der Waals surface area contributed by atoms with Crippen molar-refractivity contribution in [2.24, 2.45) is 0 Å². The molecule has 0 aliphatic rings. The molecule has 0 heterocycles. The number of aryl methyl sites for hydroxylation is 1. The molecule has 0 bridgehead atoms. The molecule has 0 aromatic heterocycles. The highest BCUT2D eigenvalue weighted by Gasteiger charge is 2.17. The van der Waals surface area contributed by atoms with Gasteiger partial charge < -0.3 is 4.74 Å². The fourth-order valence-electron chi connectivity index (χ4n) is 1.98. The van der Waals surface area contributed by atoms with Crippen LogP contribution in [0.25, 0.3) is 0 Å². The SMILES string of the molecule is COc1cccc(C(=O)c2ccccc2C)c1C#N. The summed E-state index contributed by atoms with van der Waals surface area (Å²) in [5.74, 6) is 0.260. The Morgan fingerprint density at radius 3 is 2.42 bits per heavy atom. The molecule has 0 saturated carbocycles. The molecule has 0 fully saturated rings. The molecule has 0 N–H and O–H groups in total. The van der Waals surface area contributed by atoms with Crippen LogP contribution in [0.4, 0.5) is 0 Å². The Kier molecular flexibility index (Phi) is 3.63. The summed E-state index contributed by atoms with van der Waals surface area (Å²) < 4.78 is 5.12. The van der Waals surface area contributed by atoms with Crippen LogP contribution in [0.15, 0.2) is 42.5 Å². The molecule has 0 spiro atoms. The van der Waals surface area contributed by atoms with E-state index in [0.717, 1.165) is 5.56 Å². The topological polar surface area (TPSA) is 50.1 Å². The number of carbonyl (C=O) groups excluding carboxylic acids is 1. The number of nitrogens with zero attached hydrogens (tertiary/aromatic N) is 1. The minimum absolute atomic E-state index is 0.159. The number of methoxy groups -OCH3 is 1. The van der Waals surface area contributed by atoms with E-state index < -0.39 is 0 Å². The van der Waals surface area contributed by atoms with Crippen molar-refractivity contribution in [1.82, 2.24) is 0 Å². The van der Waals surface area contributed by atoms with Gasteiger partial charge in [0.1, 0.15) is 17.4 Å². The van der Waals surface area contributed by atoms with Crippen LogP contribution in [0.2, 0.25) is 0 Å². The van der Waals surface area contributed by atoms with E-state index in [1.165, 1.54) is 7.11 Å². The van der Waals surface area contributed by atoms with Gasteiger partial charge in [-0.15, -0.1) is 0 Å². The summed E-state index contributed by atoms with van der Waals surface area (Å²) in [6.07, 6.45) is 0. The third-order valence-corrected chi connectivity index (χ3v) is 2.99. The smallest absolute Gasteiger partial charge is 0.194 e. The first-order valence-corrected chi connectivity index (χ1v) is 5.86. The van der Waals surface area contributed by atoms with Crippen molar-refractivity contribution in [2.45, 2.75) is 6.92 Å². The van der Waals surface area contributed by atoms with Crippen LogP contribution in [0.1, 0.15) is 27.0 Å². The second kappa shape index (κ2) is 5.36. The van der Waals surface area contributed by atoms with Crippen molar-refractivity contribution in [3.8, 4) is 11.8 Å². The molecule has 2 rings (SSSR count). The summed E-state index contributed by atoms with van der Waals surface area (Å²) in [7, 11) is 1.48. The van der Waals surface area contributed by atoms with E-state index in [2.05, 4.69) is 0 Å². The standard InChI is InChI=1S/C16H13NO2/c1-11-6-3-4-7-12(11)16(18)13-8-5-9-15(19-2)14(13)10-17/h3-9H,1-2H3. The number of carbonyl (C=O) groups is 1. The first kappa shape index (κ1) is 12.8. The quantitative estimate of drug-likeness (QED) is 0.787. The number of ether oxygens (including phenoxy) is 1. The number of benzene rings is 2.